The Hall–Kier alpha value is -1.15. The lowest BCUT2D eigenvalue weighted by atomic mass is 10.0. The van der Waals surface area contributed by atoms with Crippen LogP contribution >= 0.6 is 0 Å². The van der Waals surface area contributed by atoms with E-state index in [-0.39, 0.29) is 19.3 Å². The Morgan fingerprint density at radius 3 is 2.20 bits per heavy atom. The SMILES string of the molecule is NC(=O)CCC[C@@H](CS(=O)(=O)O)C(=O)O. The molecule has 0 bridgehead atoms. The van der Waals surface area contributed by atoms with Crippen LogP contribution < -0.4 is 5.73 Å². The van der Waals surface area contributed by atoms with Crippen LogP contribution in [-0.4, -0.2) is 35.7 Å². The number of carbonyl (C=O) groups excluding carboxylic acids is 1. The van der Waals surface area contributed by atoms with E-state index in [0.29, 0.717) is 0 Å². The Morgan fingerprint density at radius 1 is 1.33 bits per heavy atom. The maximum atomic E-state index is 10.6. The van der Waals surface area contributed by atoms with Crippen molar-refractivity contribution in [3.63, 3.8) is 0 Å². The van der Waals surface area contributed by atoms with E-state index in [1.165, 1.54) is 0 Å². The molecular weight excluding hydrogens is 226 g/mol. The largest absolute Gasteiger partial charge is 0.481 e. The van der Waals surface area contributed by atoms with Crippen LogP contribution in [0.2, 0.25) is 0 Å². The van der Waals surface area contributed by atoms with Crippen LogP contribution in [0.15, 0.2) is 0 Å². The maximum Gasteiger partial charge on any atom is 0.307 e. The smallest absolute Gasteiger partial charge is 0.307 e. The van der Waals surface area contributed by atoms with Gasteiger partial charge in [0.15, 0.2) is 0 Å². The van der Waals surface area contributed by atoms with Crippen molar-refractivity contribution in [3.8, 4) is 0 Å². The fourth-order valence-electron chi connectivity index (χ4n) is 1.06. The van der Waals surface area contributed by atoms with Gasteiger partial charge in [-0.05, 0) is 12.8 Å². The first kappa shape index (κ1) is 13.8. The molecule has 0 fully saturated rings. The van der Waals surface area contributed by atoms with Gasteiger partial charge < -0.3 is 10.8 Å². The molecule has 7 nitrogen and oxygen atoms in total. The standard InChI is InChI=1S/C7H13NO6S/c8-6(9)3-1-2-5(7(10)11)4-15(12,13)14/h5H,1-4H2,(H2,8,9)(H,10,11)(H,12,13,14)/t5-/m0/s1. The third-order valence-corrected chi connectivity index (χ3v) is 2.56. The third kappa shape index (κ3) is 7.89. The van der Waals surface area contributed by atoms with Gasteiger partial charge in [0.05, 0.1) is 11.7 Å². The molecule has 4 N–H and O–H groups in total. The zero-order chi connectivity index (χ0) is 12.1. The highest BCUT2D eigenvalue weighted by atomic mass is 32.2. The summed E-state index contributed by atoms with van der Waals surface area (Å²) < 4.78 is 29.4. The Labute approximate surface area is 87.0 Å². The number of nitrogens with two attached hydrogens (primary N) is 1. The first-order valence-electron chi connectivity index (χ1n) is 4.18. The predicted octanol–water partition coefficient (Wildman–Crippen LogP) is -0.769. The molecule has 0 aliphatic carbocycles. The quantitative estimate of drug-likeness (QED) is 0.499. The number of hydrogen-bond acceptors (Lipinski definition) is 4. The second kappa shape index (κ2) is 5.66. The molecule has 0 aromatic carbocycles. The molecule has 0 saturated heterocycles. The number of carbonyl (C=O) groups is 2. The van der Waals surface area contributed by atoms with Gasteiger partial charge in [-0.3, -0.25) is 14.1 Å². The Kier molecular flexibility index (Phi) is 5.23. The molecule has 8 heteroatoms. The van der Waals surface area contributed by atoms with E-state index in [9.17, 15) is 18.0 Å². The molecule has 0 radical (unpaired) electrons. The van der Waals surface area contributed by atoms with Crippen LogP contribution in [0.3, 0.4) is 0 Å². The summed E-state index contributed by atoms with van der Waals surface area (Å²) in [5.74, 6) is -3.95. The predicted molar refractivity (Wildman–Crippen MR) is 50.6 cm³/mol. The molecule has 0 aliphatic rings. The molecule has 1 amide bonds. The van der Waals surface area contributed by atoms with E-state index < -0.39 is 33.7 Å². The van der Waals surface area contributed by atoms with Crippen LogP contribution in [0.4, 0.5) is 0 Å². The molecule has 88 valence electrons. The van der Waals surface area contributed by atoms with Gasteiger partial charge in [-0.25, -0.2) is 0 Å². The summed E-state index contributed by atoms with van der Waals surface area (Å²) in [4.78, 5) is 20.9. The van der Waals surface area contributed by atoms with Crippen LogP contribution in [0.1, 0.15) is 19.3 Å². The van der Waals surface area contributed by atoms with Gasteiger partial charge in [0.2, 0.25) is 5.91 Å². The van der Waals surface area contributed by atoms with Crippen molar-refractivity contribution >= 4 is 22.0 Å². The minimum absolute atomic E-state index is 0.00471. The molecule has 0 rings (SSSR count). The third-order valence-electron chi connectivity index (χ3n) is 1.74. The maximum absolute atomic E-state index is 10.6. The molecule has 0 heterocycles. The average molecular weight is 239 g/mol. The number of rotatable bonds is 7. The first-order chi connectivity index (χ1) is 6.72. The highest BCUT2D eigenvalue weighted by molar-refractivity contribution is 7.85. The van der Waals surface area contributed by atoms with Crippen molar-refractivity contribution in [1.82, 2.24) is 0 Å². The normalized spacial score (nSPS) is 13.4. The second-order valence-corrected chi connectivity index (χ2v) is 4.64. The molecule has 0 unspecified atom stereocenters. The van der Waals surface area contributed by atoms with Crippen molar-refractivity contribution in [2.24, 2.45) is 11.7 Å². The van der Waals surface area contributed by atoms with Crippen molar-refractivity contribution in [2.75, 3.05) is 5.75 Å². The Balaban J connectivity index is 4.18. The topological polar surface area (TPSA) is 135 Å². The molecule has 0 spiro atoms. The van der Waals surface area contributed by atoms with Crippen molar-refractivity contribution in [2.45, 2.75) is 19.3 Å². The minimum Gasteiger partial charge on any atom is -0.481 e. The van der Waals surface area contributed by atoms with Gasteiger partial charge in [0.1, 0.15) is 0 Å². The van der Waals surface area contributed by atoms with Crippen LogP contribution in [-0.2, 0) is 19.7 Å². The molecule has 0 aromatic rings. The van der Waals surface area contributed by atoms with E-state index in [4.69, 9.17) is 15.4 Å². The lowest BCUT2D eigenvalue weighted by molar-refractivity contribution is -0.141. The van der Waals surface area contributed by atoms with E-state index in [1.807, 2.05) is 0 Å². The lowest BCUT2D eigenvalue weighted by Crippen LogP contribution is -2.24. The number of primary amides is 1. The van der Waals surface area contributed by atoms with Gasteiger partial charge in [-0.2, -0.15) is 8.42 Å². The van der Waals surface area contributed by atoms with Crippen LogP contribution in [0.5, 0.6) is 0 Å². The van der Waals surface area contributed by atoms with Crippen LogP contribution in [0, 0.1) is 5.92 Å². The highest BCUT2D eigenvalue weighted by Crippen LogP contribution is 2.11. The summed E-state index contributed by atoms with van der Waals surface area (Å²) in [6, 6.07) is 0. The fraction of sp³-hybridized carbons (Fsp3) is 0.714. The van der Waals surface area contributed by atoms with E-state index in [1.54, 1.807) is 0 Å². The van der Waals surface area contributed by atoms with Crippen molar-refractivity contribution < 1.29 is 27.7 Å². The highest BCUT2D eigenvalue weighted by Gasteiger charge is 2.23. The number of carboxylic acids is 1. The van der Waals surface area contributed by atoms with Crippen molar-refractivity contribution in [3.05, 3.63) is 0 Å². The molecule has 0 aliphatic heterocycles. The summed E-state index contributed by atoms with van der Waals surface area (Å²) in [6.07, 6.45) is 0.162. The lowest BCUT2D eigenvalue weighted by Gasteiger charge is -2.08. The van der Waals surface area contributed by atoms with Crippen LogP contribution in [0.25, 0.3) is 0 Å². The van der Waals surface area contributed by atoms with Gasteiger partial charge in [0.25, 0.3) is 10.1 Å². The zero-order valence-electron chi connectivity index (χ0n) is 7.92. The molecule has 0 saturated carbocycles. The van der Waals surface area contributed by atoms with Gasteiger partial charge in [-0.15, -0.1) is 0 Å². The second-order valence-electron chi connectivity index (χ2n) is 3.14. The summed E-state index contributed by atoms with van der Waals surface area (Å²) in [5.41, 5.74) is 4.83. The minimum atomic E-state index is -4.32. The number of carboxylic acid groups (broad SMARTS) is 1. The fourth-order valence-corrected chi connectivity index (χ4v) is 1.87. The molecular formula is C7H13NO6S. The van der Waals surface area contributed by atoms with E-state index in [0.717, 1.165) is 0 Å². The molecule has 15 heavy (non-hydrogen) atoms. The summed E-state index contributed by atoms with van der Waals surface area (Å²) in [5, 5.41) is 8.61. The summed E-state index contributed by atoms with van der Waals surface area (Å²) in [6.45, 7) is 0. The molecule has 1 atom stereocenters. The Morgan fingerprint density at radius 2 is 1.87 bits per heavy atom. The summed E-state index contributed by atoms with van der Waals surface area (Å²) >= 11 is 0. The van der Waals surface area contributed by atoms with Gasteiger partial charge >= 0.3 is 5.97 Å². The zero-order valence-corrected chi connectivity index (χ0v) is 8.74. The Bertz CT molecular complexity index is 335. The number of amides is 1. The van der Waals surface area contributed by atoms with Gasteiger partial charge in [0, 0.05) is 6.42 Å². The monoisotopic (exact) mass is 239 g/mol. The van der Waals surface area contributed by atoms with Crippen molar-refractivity contribution in [1.29, 1.82) is 0 Å². The average Bonchev–Trinajstić information content (AvgIpc) is 1.99. The molecule has 0 aromatic heterocycles. The summed E-state index contributed by atoms with van der Waals surface area (Å²) in [7, 11) is -4.32. The number of hydrogen-bond donors (Lipinski definition) is 3. The van der Waals surface area contributed by atoms with Gasteiger partial charge in [-0.1, -0.05) is 0 Å². The first-order valence-corrected chi connectivity index (χ1v) is 5.79. The van der Waals surface area contributed by atoms with E-state index in [2.05, 4.69) is 0 Å². The number of aliphatic carboxylic acids is 1. The van der Waals surface area contributed by atoms with E-state index >= 15 is 0 Å².